The maximum Gasteiger partial charge on any atom is 0.281 e. The van der Waals surface area contributed by atoms with Gasteiger partial charge in [-0.25, -0.2) is 0 Å². The van der Waals surface area contributed by atoms with Crippen LogP contribution in [-0.4, -0.2) is 26.0 Å². The zero-order valence-electron chi connectivity index (χ0n) is 19.6. The van der Waals surface area contributed by atoms with Crippen molar-refractivity contribution in [3.8, 4) is 0 Å². The average molecular weight is 407 g/mol. The Hall–Kier alpha value is -2.62. The first-order chi connectivity index (χ1) is 14.2. The third-order valence-corrected chi connectivity index (χ3v) is 6.49. The van der Waals surface area contributed by atoms with Crippen LogP contribution in [0.4, 0.5) is 11.4 Å². The van der Waals surface area contributed by atoms with Crippen LogP contribution in [0.5, 0.6) is 0 Å². The van der Waals surface area contributed by atoms with Crippen molar-refractivity contribution < 1.29 is 9.47 Å². The summed E-state index contributed by atoms with van der Waals surface area (Å²) in [5.41, 5.74) is 11.4. The Morgan fingerprint density at radius 1 is 0.733 bits per heavy atom. The van der Waals surface area contributed by atoms with E-state index in [0.717, 1.165) is 25.1 Å². The van der Waals surface area contributed by atoms with E-state index in [0.29, 0.717) is 5.95 Å². The molecule has 0 radical (unpaired) electrons. The lowest BCUT2D eigenvalue weighted by molar-refractivity contribution is -0.0303. The van der Waals surface area contributed by atoms with Gasteiger partial charge in [-0.3, -0.25) is 0 Å². The van der Waals surface area contributed by atoms with E-state index in [1.54, 1.807) is 7.11 Å². The maximum atomic E-state index is 6.70. The summed E-state index contributed by atoms with van der Waals surface area (Å²) in [6.45, 7) is 17.1. The van der Waals surface area contributed by atoms with Gasteiger partial charge in [-0.05, 0) is 70.7 Å². The standard InChI is InChI=1S/C26H34N2O2/c1-16-11-18(3)23(19(4)12-16)27-9-10-28(24-20(5)13-17(2)14-21(24)6)26(27)15-22(7)25(29-8)30-26/h11-14H,9-10,15H2,1-8H3. The first-order valence-electron chi connectivity index (χ1n) is 10.8. The van der Waals surface area contributed by atoms with E-state index in [1.807, 2.05) is 0 Å². The summed E-state index contributed by atoms with van der Waals surface area (Å²) in [4.78, 5) is 4.93. The van der Waals surface area contributed by atoms with Gasteiger partial charge in [0.05, 0.1) is 13.5 Å². The van der Waals surface area contributed by atoms with Crippen molar-refractivity contribution in [2.24, 2.45) is 0 Å². The normalized spacial score (nSPS) is 17.9. The van der Waals surface area contributed by atoms with Crippen molar-refractivity contribution in [2.45, 2.75) is 60.7 Å². The van der Waals surface area contributed by atoms with Gasteiger partial charge in [-0.15, -0.1) is 0 Å². The van der Waals surface area contributed by atoms with Gasteiger partial charge in [0.2, 0.25) is 0 Å². The molecule has 4 rings (SSSR count). The highest BCUT2D eigenvalue weighted by atomic mass is 16.7. The minimum absolute atomic E-state index is 0.606. The van der Waals surface area contributed by atoms with Crippen molar-refractivity contribution in [1.82, 2.24) is 0 Å². The lowest BCUT2D eigenvalue weighted by Gasteiger charge is -2.43. The molecule has 2 aliphatic rings. The predicted molar refractivity (Wildman–Crippen MR) is 124 cm³/mol. The van der Waals surface area contributed by atoms with Crippen LogP contribution in [0, 0.1) is 41.5 Å². The van der Waals surface area contributed by atoms with Crippen LogP contribution in [0.15, 0.2) is 35.8 Å². The van der Waals surface area contributed by atoms with Gasteiger partial charge in [-0.1, -0.05) is 35.4 Å². The fraction of sp³-hybridized carbons (Fsp3) is 0.462. The molecular formula is C26H34N2O2. The Morgan fingerprint density at radius 2 is 1.13 bits per heavy atom. The molecule has 0 saturated carbocycles. The smallest absolute Gasteiger partial charge is 0.281 e. The summed E-state index contributed by atoms with van der Waals surface area (Å²) < 4.78 is 12.3. The summed E-state index contributed by atoms with van der Waals surface area (Å²) in [6, 6.07) is 9.09. The van der Waals surface area contributed by atoms with Gasteiger partial charge < -0.3 is 19.3 Å². The summed E-state index contributed by atoms with van der Waals surface area (Å²) in [6.07, 6.45) is 0.787. The van der Waals surface area contributed by atoms with E-state index in [9.17, 15) is 0 Å². The molecule has 2 aromatic rings. The maximum absolute atomic E-state index is 6.70. The van der Waals surface area contributed by atoms with Crippen LogP contribution in [0.2, 0.25) is 0 Å². The van der Waals surface area contributed by atoms with Gasteiger partial charge in [0.1, 0.15) is 0 Å². The number of hydrogen-bond donors (Lipinski definition) is 0. The second-order valence-electron chi connectivity index (χ2n) is 9.09. The summed E-state index contributed by atoms with van der Waals surface area (Å²) in [5, 5.41) is 0. The Labute approximate surface area is 181 Å². The quantitative estimate of drug-likeness (QED) is 0.642. The fourth-order valence-electron chi connectivity index (χ4n) is 5.67. The van der Waals surface area contributed by atoms with Gasteiger partial charge in [-0.2, -0.15) is 0 Å². The first-order valence-corrected chi connectivity index (χ1v) is 10.8. The van der Waals surface area contributed by atoms with Crippen LogP contribution >= 0.6 is 0 Å². The van der Waals surface area contributed by atoms with Gasteiger partial charge in [0.25, 0.3) is 11.8 Å². The molecule has 0 amide bonds. The number of ether oxygens (including phenoxy) is 2. The fourth-order valence-corrected chi connectivity index (χ4v) is 5.67. The van der Waals surface area contributed by atoms with Crippen LogP contribution < -0.4 is 9.80 Å². The van der Waals surface area contributed by atoms with Crippen molar-refractivity contribution in [2.75, 3.05) is 30.0 Å². The lowest BCUT2D eigenvalue weighted by Crippen LogP contribution is -2.55. The van der Waals surface area contributed by atoms with Gasteiger partial charge in [0.15, 0.2) is 0 Å². The number of methoxy groups -OCH3 is 1. The van der Waals surface area contributed by atoms with Crippen LogP contribution in [-0.2, 0) is 9.47 Å². The lowest BCUT2D eigenvalue weighted by atomic mass is 10.0. The van der Waals surface area contributed by atoms with E-state index >= 15 is 0 Å². The second kappa shape index (κ2) is 7.26. The molecule has 1 spiro atoms. The first kappa shape index (κ1) is 20.6. The number of hydrogen-bond acceptors (Lipinski definition) is 4. The molecule has 2 aliphatic heterocycles. The third-order valence-electron chi connectivity index (χ3n) is 6.49. The highest BCUT2D eigenvalue weighted by Crippen LogP contribution is 2.49. The Morgan fingerprint density at radius 3 is 1.47 bits per heavy atom. The minimum Gasteiger partial charge on any atom is -0.469 e. The van der Waals surface area contributed by atoms with Crippen molar-refractivity contribution in [3.63, 3.8) is 0 Å². The van der Waals surface area contributed by atoms with Gasteiger partial charge >= 0.3 is 0 Å². The Balaban J connectivity index is 1.89. The highest BCUT2D eigenvalue weighted by molar-refractivity contribution is 5.69. The van der Waals surface area contributed by atoms with Crippen LogP contribution in [0.1, 0.15) is 46.7 Å². The minimum atomic E-state index is -0.606. The number of aryl methyl sites for hydroxylation is 6. The number of nitrogens with zero attached hydrogens (tertiary/aromatic N) is 2. The molecule has 2 heterocycles. The number of rotatable bonds is 3. The molecule has 0 unspecified atom stereocenters. The molecule has 0 N–H and O–H groups in total. The highest BCUT2D eigenvalue weighted by Gasteiger charge is 2.55. The monoisotopic (exact) mass is 406 g/mol. The summed E-state index contributed by atoms with van der Waals surface area (Å²) >= 11 is 0. The van der Waals surface area contributed by atoms with E-state index in [1.165, 1.54) is 44.8 Å². The second-order valence-corrected chi connectivity index (χ2v) is 9.09. The molecule has 0 bridgehead atoms. The molecular weight excluding hydrogens is 372 g/mol. The van der Waals surface area contributed by atoms with E-state index in [4.69, 9.17) is 9.47 Å². The molecule has 1 fully saturated rings. The molecule has 0 aromatic heterocycles. The molecule has 1 saturated heterocycles. The molecule has 4 heteroatoms. The zero-order chi connectivity index (χ0) is 21.8. The van der Waals surface area contributed by atoms with E-state index in [2.05, 4.69) is 82.5 Å². The summed E-state index contributed by atoms with van der Waals surface area (Å²) in [7, 11) is 1.70. The Kier molecular flexibility index (Phi) is 5.00. The third kappa shape index (κ3) is 3.05. The van der Waals surface area contributed by atoms with E-state index in [-0.39, 0.29) is 0 Å². The van der Waals surface area contributed by atoms with Crippen molar-refractivity contribution in [3.05, 3.63) is 69.2 Å². The molecule has 0 aliphatic carbocycles. The molecule has 0 atom stereocenters. The van der Waals surface area contributed by atoms with E-state index < -0.39 is 5.85 Å². The van der Waals surface area contributed by atoms with Gasteiger partial charge in [0, 0.05) is 30.0 Å². The average Bonchev–Trinajstić information content (AvgIpc) is 3.14. The number of anilines is 2. The number of benzene rings is 2. The predicted octanol–water partition coefficient (Wildman–Crippen LogP) is 5.82. The topological polar surface area (TPSA) is 24.9 Å². The molecule has 2 aromatic carbocycles. The molecule has 30 heavy (non-hydrogen) atoms. The Bertz CT molecular complexity index is 926. The van der Waals surface area contributed by atoms with Crippen LogP contribution in [0.25, 0.3) is 0 Å². The van der Waals surface area contributed by atoms with Crippen molar-refractivity contribution in [1.29, 1.82) is 0 Å². The molecule has 160 valence electrons. The van der Waals surface area contributed by atoms with Crippen molar-refractivity contribution >= 4 is 11.4 Å². The zero-order valence-corrected chi connectivity index (χ0v) is 19.6. The largest absolute Gasteiger partial charge is 0.469 e. The summed E-state index contributed by atoms with van der Waals surface area (Å²) in [5.74, 6) is 0.0436. The van der Waals surface area contributed by atoms with Crippen LogP contribution in [0.3, 0.4) is 0 Å². The SMILES string of the molecule is COC1=C(C)CC2(O1)N(c1c(C)cc(C)cc1C)CCN2c1c(C)cc(C)cc1C. The molecule has 4 nitrogen and oxygen atoms in total.